The summed E-state index contributed by atoms with van der Waals surface area (Å²) < 4.78 is 0. The maximum atomic E-state index is 11.6. The second kappa shape index (κ2) is 6.37. The molecular formula is C12H12ClN3OS. The fourth-order valence-electron chi connectivity index (χ4n) is 1.39. The molecule has 0 unspecified atom stereocenters. The third-order valence-electron chi connectivity index (χ3n) is 2.21. The molecule has 0 saturated heterocycles. The molecule has 2 rings (SSSR count). The van der Waals surface area contributed by atoms with Gasteiger partial charge in [0, 0.05) is 25.0 Å². The molecule has 2 aromatic rings. The Morgan fingerprint density at radius 2 is 2.28 bits per heavy atom. The SMILES string of the molecule is O=C(NCCNc1ccnc(Cl)c1)c1cccs1. The first-order valence-corrected chi connectivity index (χ1v) is 6.68. The number of thiophene rings is 1. The lowest BCUT2D eigenvalue weighted by atomic mass is 10.4. The predicted molar refractivity (Wildman–Crippen MR) is 74.4 cm³/mol. The zero-order valence-corrected chi connectivity index (χ0v) is 11.1. The summed E-state index contributed by atoms with van der Waals surface area (Å²) in [5.41, 5.74) is 0.889. The molecule has 0 fully saturated rings. The number of hydrogen-bond donors (Lipinski definition) is 2. The minimum atomic E-state index is -0.0421. The Kier molecular flexibility index (Phi) is 4.55. The highest BCUT2D eigenvalue weighted by molar-refractivity contribution is 7.12. The van der Waals surface area contributed by atoms with Crippen molar-refractivity contribution in [1.29, 1.82) is 0 Å². The Bertz CT molecular complexity index is 516. The van der Waals surface area contributed by atoms with Crippen LogP contribution in [0.4, 0.5) is 5.69 Å². The molecule has 0 aliphatic heterocycles. The standard InChI is InChI=1S/C12H12ClN3OS/c13-11-8-9(3-4-15-11)14-5-6-16-12(17)10-2-1-7-18-10/h1-4,7-8H,5-6H2,(H,14,15)(H,16,17). The smallest absolute Gasteiger partial charge is 0.261 e. The summed E-state index contributed by atoms with van der Waals surface area (Å²) in [5.74, 6) is -0.0421. The van der Waals surface area contributed by atoms with Crippen molar-refractivity contribution in [3.63, 3.8) is 0 Å². The van der Waals surface area contributed by atoms with Crippen LogP contribution >= 0.6 is 22.9 Å². The Labute approximate surface area is 114 Å². The molecule has 2 aromatic heterocycles. The average molecular weight is 282 g/mol. The van der Waals surface area contributed by atoms with E-state index in [1.807, 2.05) is 17.5 Å². The number of nitrogens with one attached hydrogen (secondary N) is 2. The van der Waals surface area contributed by atoms with E-state index in [4.69, 9.17) is 11.6 Å². The number of carbonyl (C=O) groups excluding carboxylic acids is 1. The second-order valence-corrected chi connectivity index (χ2v) is 4.86. The number of pyridine rings is 1. The Morgan fingerprint density at radius 3 is 3.00 bits per heavy atom. The van der Waals surface area contributed by atoms with Crippen LogP contribution in [0.3, 0.4) is 0 Å². The molecule has 0 atom stereocenters. The van der Waals surface area contributed by atoms with Gasteiger partial charge < -0.3 is 10.6 Å². The third-order valence-corrected chi connectivity index (χ3v) is 3.29. The van der Waals surface area contributed by atoms with Gasteiger partial charge in [0.2, 0.25) is 0 Å². The van der Waals surface area contributed by atoms with Gasteiger partial charge in [-0.2, -0.15) is 0 Å². The molecule has 2 heterocycles. The van der Waals surface area contributed by atoms with Crippen molar-refractivity contribution in [3.8, 4) is 0 Å². The van der Waals surface area contributed by atoms with Crippen LogP contribution in [0.5, 0.6) is 0 Å². The first-order valence-electron chi connectivity index (χ1n) is 5.43. The number of anilines is 1. The number of halogens is 1. The molecule has 94 valence electrons. The van der Waals surface area contributed by atoms with Crippen molar-refractivity contribution in [1.82, 2.24) is 10.3 Å². The van der Waals surface area contributed by atoms with Crippen LogP contribution in [0.15, 0.2) is 35.8 Å². The van der Waals surface area contributed by atoms with E-state index in [9.17, 15) is 4.79 Å². The molecule has 6 heteroatoms. The van der Waals surface area contributed by atoms with Gasteiger partial charge in [0.15, 0.2) is 0 Å². The molecule has 0 spiro atoms. The molecule has 0 aliphatic rings. The molecule has 0 bridgehead atoms. The van der Waals surface area contributed by atoms with Gasteiger partial charge in [-0.15, -0.1) is 11.3 Å². The molecule has 4 nitrogen and oxygen atoms in total. The quantitative estimate of drug-likeness (QED) is 0.654. The largest absolute Gasteiger partial charge is 0.383 e. The van der Waals surface area contributed by atoms with E-state index in [0.29, 0.717) is 18.2 Å². The van der Waals surface area contributed by atoms with Gasteiger partial charge in [-0.05, 0) is 23.6 Å². The number of hydrogen-bond acceptors (Lipinski definition) is 4. The highest BCUT2D eigenvalue weighted by Crippen LogP contribution is 2.11. The van der Waals surface area contributed by atoms with Gasteiger partial charge in [0.25, 0.3) is 5.91 Å². The van der Waals surface area contributed by atoms with E-state index in [0.717, 1.165) is 10.6 Å². The lowest BCUT2D eigenvalue weighted by Crippen LogP contribution is -2.28. The summed E-state index contributed by atoms with van der Waals surface area (Å²) in [4.78, 5) is 16.2. The Hall–Kier alpha value is -1.59. The van der Waals surface area contributed by atoms with E-state index in [-0.39, 0.29) is 5.91 Å². The zero-order chi connectivity index (χ0) is 12.8. The summed E-state index contributed by atoms with van der Waals surface area (Å²) in [6.45, 7) is 1.19. The highest BCUT2D eigenvalue weighted by Gasteiger charge is 2.04. The second-order valence-electron chi connectivity index (χ2n) is 3.53. The molecule has 0 aliphatic carbocycles. The maximum Gasteiger partial charge on any atom is 0.261 e. The Balaban J connectivity index is 1.72. The fraction of sp³-hybridized carbons (Fsp3) is 0.167. The topological polar surface area (TPSA) is 54.0 Å². The van der Waals surface area contributed by atoms with Gasteiger partial charge >= 0.3 is 0 Å². The van der Waals surface area contributed by atoms with Crippen LogP contribution in [0.1, 0.15) is 9.67 Å². The summed E-state index contributed by atoms with van der Waals surface area (Å²) in [7, 11) is 0. The lowest BCUT2D eigenvalue weighted by molar-refractivity contribution is 0.0959. The van der Waals surface area contributed by atoms with E-state index in [1.165, 1.54) is 11.3 Å². The maximum absolute atomic E-state index is 11.6. The monoisotopic (exact) mass is 281 g/mol. The van der Waals surface area contributed by atoms with Crippen LogP contribution in [0.25, 0.3) is 0 Å². The van der Waals surface area contributed by atoms with Crippen LogP contribution in [-0.2, 0) is 0 Å². The normalized spacial score (nSPS) is 10.1. The number of rotatable bonds is 5. The third kappa shape index (κ3) is 3.72. The summed E-state index contributed by atoms with van der Waals surface area (Å²) >= 11 is 7.19. The first-order chi connectivity index (χ1) is 8.75. The number of carbonyl (C=O) groups is 1. The Morgan fingerprint density at radius 1 is 1.39 bits per heavy atom. The van der Waals surface area contributed by atoms with Gasteiger partial charge in [0.05, 0.1) is 4.88 Å². The first kappa shape index (κ1) is 12.9. The summed E-state index contributed by atoms with van der Waals surface area (Å²) in [6.07, 6.45) is 1.63. The summed E-state index contributed by atoms with van der Waals surface area (Å²) in [5, 5.41) is 8.31. The van der Waals surface area contributed by atoms with Gasteiger partial charge in [-0.1, -0.05) is 17.7 Å². The molecule has 18 heavy (non-hydrogen) atoms. The molecule has 0 aromatic carbocycles. The van der Waals surface area contributed by atoms with Crippen LogP contribution in [0, 0.1) is 0 Å². The van der Waals surface area contributed by atoms with Crippen molar-refractivity contribution in [2.24, 2.45) is 0 Å². The zero-order valence-electron chi connectivity index (χ0n) is 9.52. The van der Waals surface area contributed by atoms with Crippen LogP contribution in [-0.4, -0.2) is 24.0 Å². The average Bonchev–Trinajstić information content (AvgIpc) is 2.88. The van der Waals surface area contributed by atoms with Crippen molar-refractivity contribution in [2.45, 2.75) is 0 Å². The van der Waals surface area contributed by atoms with E-state index in [1.54, 1.807) is 18.3 Å². The molecule has 0 radical (unpaired) electrons. The van der Waals surface area contributed by atoms with Gasteiger partial charge in [0.1, 0.15) is 5.15 Å². The van der Waals surface area contributed by atoms with Crippen LogP contribution in [0.2, 0.25) is 5.15 Å². The van der Waals surface area contributed by atoms with Gasteiger partial charge in [-0.25, -0.2) is 4.98 Å². The van der Waals surface area contributed by atoms with Crippen molar-refractivity contribution in [2.75, 3.05) is 18.4 Å². The van der Waals surface area contributed by atoms with Gasteiger partial charge in [-0.3, -0.25) is 4.79 Å². The number of amides is 1. The van der Waals surface area contributed by atoms with Crippen molar-refractivity contribution < 1.29 is 4.79 Å². The lowest BCUT2D eigenvalue weighted by Gasteiger charge is -2.07. The van der Waals surface area contributed by atoms with E-state index < -0.39 is 0 Å². The number of nitrogens with zero attached hydrogens (tertiary/aromatic N) is 1. The van der Waals surface area contributed by atoms with Crippen LogP contribution < -0.4 is 10.6 Å². The fourth-order valence-corrected chi connectivity index (χ4v) is 2.20. The molecule has 2 N–H and O–H groups in total. The van der Waals surface area contributed by atoms with E-state index >= 15 is 0 Å². The minimum absolute atomic E-state index is 0.0421. The minimum Gasteiger partial charge on any atom is -0.383 e. The van der Waals surface area contributed by atoms with Crippen molar-refractivity contribution in [3.05, 3.63) is 45.9 Å². The molecular weight excluding hydrogens is 270 g/mol. The van der Waals surface area contributed by atoms with Crippen molar-refractivity contribution >= 4 is 34.5 Å². The number of aromatic nitrogens is 1. The molecule has 0 saturated carbocycles. The predicted octanol–water partition coefficient (Wildman–Crippen LogP) is 2.64. The highest BCUT2D eigenvalue weighted by atomic mass is 35.5. The molecule has 1 amide bonds. The summed E-state index contributed by atoms with van der Waals surface area (Å²) in [6, 6.07) is 7.22. The van der Waals surface area contributed by atoms with E-state index in [2.05, 4.69) is 15.6 Å².